The second-order valence-corrected chi connectivity index (χ2v) is 3.64. The predicted octanol–water partition coefficient (Wildman–Crippen LogP) is 3.55. The van der Waals surface area contributed by atoms with E-state index >= 15 is 0 Å². The molecule has 1 aromatic rings. The number of nitrogens with zero attached hydrogens (tertiary/aromatic N) is 1. The van der Waals surface area contributed by atoms with Gasteiger partial charge in [-0.25, -0.2) is 0 Å². The number of hydrogen-bond acceptors (Lipinski definition) is 2. The van der Waals surface area contributed by atoms with Crippen molar-refractivity contribution < 1.29 is 0 Å². The number of hydrogen-bond donors (Lipinski definition) is 1. The molecule has 0 bridgehead atoms. The highest BCUT2D eigenvalue weighted by molar-refractivity contribution is 5.56. The van der Waals surface area contributed by atoms with Gasteiger partial charge in [-0.2, -0.15) is 5.26 Å². The molecule has 2 heteroatoms. The second kappa shape index (κ2) is 6.89. The first-order valence-corrected chi connectivity index (χ1v) is 5.61. The fraction of sp³-hybridized carbons (Fsp3) is 0.462. The Bertz CT molecular complexity index is 326. The van der Waals surface area contributed by atoms with Crippen molar-refractivity contribution in [3.8, 4) is 6.07 Å². The highest BCUT2D eigenvalue weighted by Gasteiger charge is 1.98. The van der Waals surface area contributed by atoms with Crippen molar-refractivity contribution in [1.82, 2.24) is 0 Å². The summed E-state index contributed by atoms with van der Waals surface area (Å²) in [6.07, 6.45) is 4.99. The molecule has 0 saturated heterocycles. The maximum Gasteiger partial charge on any atom is 0.101 e. The topological polar surface area (TPSA) is 35.8 Å². The van der Waals surface area contributed by atoms with Gasteiger partial charge < -0.3 is 5.32 Å². The molecule has 80 valence electrons. The first-order valence-electron chi connectivity index (χ1n) is 5.61. The molecule has 15 heavy (non-hydrogen) atoms. The highest BCUT2D eigenvalue weighted by Crippen LogP contribution is 2.13. The molecule has 1 N–H and O–H groups in total. The summed E-state index contributed by atoms with van der Waals surface area (Å²) in [6, 6.07) is 9.83. The lowest BCUT2D eigenvalue weighted by atomic mass is 10.1. The van der Waals surface area contributed by atoms with Crippen molar-refractivity contribution in [3.63, 3.8) is 0 Å². The summed E-state index contributed by atoms with van der Waals surface area (Å²) in [4.78, 5) is 0. The van der Waals surface area contributed by atoms with E-state index in [1.165, 1.54) is 25.7 Å². The van der Waals surface area contributed by atoms with Crippen LogP contribution in [0.25, 0.3) is 0 Å². The average molecular weight is 202 g/mol. The Hall–Kier alpha value is -1.49. The van der Waals surface area contributed by atoms with Gasteiger partial charge in [0.25, 0.3) is 0 Å². The van der Waals surface area contributed by atoms with E-state index in [0.29, 0.717) is 0 Å². The van der Waals surface area contributed by atoms with Crippen LogP contribution < -0.4 is 5.32 Å². The Labute approximate surface area is 91.9 Å². The summed E-state index contributed by atoms with van der Waals surface area (Å²) < 4.78 is 0. The van der Waals surface area contributed by atoms with Gasteiger partial charge in [0.1, 0.15) is 6.07 Å². The zero-order valence-corrected chi connectivity index (χ0v) is 9.29. The lowest BCUT2D eigenvalue weighted by Gasteiger charge is -2.07. The van der Waals surface area contributed by atoms with Gasteiger partial charge in [-0.1, -0.05) is 38.3 Å². The number of para-hydroxylation sites is 1. The van der Waals surface area contributed by atoms with E-state index in [4.69, 9.17) is 5.26 Å². The van der Waals surface area contributed by atoms with Crippen molar-refractivity contribution in [2.75, 3.05) is 11.9 Å². The summed E-state index contributed by atoms with van der Waals surface area (Å²) in [6.45, 7) is 3.16. The van der Waals surface area contributed by atoms with Crippen LogP contribution in [-0.2, 0) is 0 Å². The molecular weight excluding hydrogens is 184 g/mol. The molecule has 0 heterocycles. The van der Waals surface area contributed by atoms with E-state index in [2.05, 4.69) is 18.3 Å². The van der Waals surface area contributed by atoms with Crippen molar-refractivity contribution in [2.45, 2.75) is 32.6 Å². The maximum atomic E-state index is 8.87. The van der Waals surface area contributed by atoms with E-state index in [0.717, 1.165) is 17.8 Å². The van der Waals surface area contributed by atoms with Crippen LogP contribution in [-0.4, -0.2) is 6.54 Å². The van der Waals surface area contributed by atoms with Crippen LogP contribution in [0, 0.1) is 11.3 Å². The molecule has 2 nitrogen and oxygen atoms in total. The third-order valence-corrected chi connectivity index (χ3v) is 2.39. The third-order valence-electron chi connectivity index (χ3n) is 2.39. The maximum absolute atomic E-state index is 8.87. The van der Waals surface area contributed by atoms with Gasteiger partial charge in [0.15, 0.2) is 0 Å². The molecule has 0 aromatic heterocycles. The number of benzene rings is 1. The van der Waals surface area contributed by atoms with E-state index in [1.807, 2.05) is 24.3 Å². The van der Waals surface area contributed by atoms with Gasteiger partial charge >= 0.3 is 0 Å². The van der Waals surface area contributed by atoms with Crippen LogP contribution in [0.3, 0.4) is 0 Å². The van der Waals surface area contributed by atoms with Crippen LogP contribution in [0.4, 0.5) is 5.69 Å². The van der Waals surface area contributed by atoms with Gasteiger partial charge in [0, 0.05) is 6.54 Å². The fourth-order valence-corrected chi connectivity index (χ4v) is 1.51. The summed E-state index contributed by atoms with van der Waals surface area (Å²) >= 11 is 0. The van der Waals surface area contributed by atoms with E-state index in [-0.39, 0.29) is 0 Å². The lowest BCUT2D eigenvalue weighted by Crippen LogP contribution is -2.02. The minimum Gasteiger partial charge on any atom is -0.384 e. The van der Waals surface area contributed by atoms with Gasteiger partial charge in [0.05, 0.1) is 11.3 Å². The van der Waals surface area contributed by atoms with Crippen LogP contribution >= 0.6 is 0 Å². The zero-order valence-electron chi connectivity index (χ0n) is 9.29. The largest absolute Gasteiger partial charge is 0.384 e. The van der Waals surface area contributed by atoms with Gasteiger partial charge in [-0.3, -0.25) is 0 Å². The lowest BCUT2D eigenvalue weighted by molar-refractivity contribution is 0.685. The predicted molar refractivity (Wildman–Crippen MR) is 63.8 cm³/mol. The Morgan fingerprint density at radius 1 is 1.20 bits per heavy atom. The first kappa shape index (κ1) is 11.6. The molecule has 0 aliphatic heterocycles. The second-order valence-electron chi connectivity index (χ2n) is 3.64. The molecule has 0 fully saturated rings. The summed E-state index contributed by atoms with van der Waals surface area (Å²) in [5.74, 6) is 0. The number of anilines is 1. The number of rotatable bonds is 6. The molecule has 0 atom stereocenters. The van der Waals surface area contributed by atoms with E-state index < -0.39 is 0 Å². The summed E-state index contributed by atoms with van der Waals surface area (Å²) in [5.41, 5.74) is 1.68. The van der Waals surface area contributed by atoms with Gasteiger partial charge in [0.2, 0.25) is 0 Å². The molecule has 1 aromatic carbocycles. The van der Waals surface area contributed by atoms with Crippen molar-refractivity contribution >= 4 is 5.69 Å². The van der Waals surface area contributed by atoms with Crippen molar-refractivity contribution in [2.24, 2.45) is 0 Å². The van der Waals surface area contributed by atoms with E-state index in [9.17, 15) is 0 Å². The van der Waals surface area contributed by atoms with Crippen LogP contribution in [0.1, 0.15) is 38.2 Å². The van der Waals surface area contributed by atoms with Crippen LogP contribution in [0.2, 0.25) is 0 Å². The molecule has 0 aliphatic rings. The van der Waals surface area contributed by atoms with Crippen molar-refractivity contribution in [3.05, 3.63) is 29.8 Å². The SMILES string of the molecule is CCCCCCNc1ccccc1C#N. The van der Waals surface area contributed by atoms with Gasteiger partial charge in [-0.05, 0) is 18.6 Å². The quantitative estimate of drug-likeness (QED) is 0.716. The normalized spacial score (nSPS) is 9.60. The van der Waals surface area contributed by atoms with Crippen LogP contribution in [0.15, 0.2) is 24.3 Å². The number of nitriles is 1. The number of nitrogens with one attached hydrogen (secondary N) is 1. The van der Waals surface area contributed by atoms with E-state index in [1.54, 1.807) is 0 Å². The minimum absolute atomic E-state index is 0.730. The minimum atomic E-state index is 0.730. The first-order chi connectivity index (χ1) is 7.38. The average Bonchev–Trinajstić information content (AvgIpc) is 2.29. The Morgan fingerprint density at radius 3 is 2.73 bits per heavy atom. The standard InChI is InChI=1S/C13H18N2/c1-2-3-4-7-10-15-13-9-6-5-8-12(13)11-14/h5-6,8-9,15H,2-4,7,10H2,1H3. The molecule has 0 aliphatic carbocycles. The monoisotopic (exact) mass is 202 g/mol. The summed E-state index contributed by atoms with van der Waals surface area (Å²) in [5, 5.41) is 12.2. The number of unbranched alkanes of at least 4 members (excludes halogenated alkanes) is 3. The molecule has 0 amide bonds. The molecule has 0 spiro atoms. The molecule has 0 saturated carbocycles. The van der Waals surface area contributed by atoms with Crippen molar-refractivity contribution in [1.29, 1.82) is 5.26 Å². The fourth-order valence-electron chi connectivity index (χ4n) is 1.51. The van der Waals surface area contributed by atoms with Gasteiger partial charge in [-0.15, -0.1) is 0 Å². The Balaban J connectivity index is 2.34. The molecule has 0 radical (unpaired) electrons. The summed E-state index contributed by atoms with van der Waals surface area (Å²) in [7, 11) is 0. The smallest absolute Gasteiger partial charge is 0.101 e. The Morgan fingerprint density at radius 2 is 2.00 bits per heavy atom. The molecule has 1 rings (SSSR count). The van der Waals surface area contributed by atoms with Crippen LogP contribution in [0.5, 0.6) is 0 Å². The molecule has 0 unspecified atom stereocenters. The zero-order chi connectivity index (χ0) is 10.9. The highest BCUT2D eigenvalue weighted by atomic mass is 14.9. The third kappa shape index (κ3) is 4.03. The molecular formula is C13H18N2. The Kier molecular flexibility index (Phi) is 5.32.